The summed E-state index contributed by atoms with van der Waals surface area (Å²) in [5.74, 6) is 0.807. The molecule has 1 aliphatic rings. The van der Waals surface area contributed by atoms with Gasteiger partial charge in [-0.05, 0) is 32.1 Å². The molecule has 0 amide bonds. The van der Waals surface area contributed by atoms with E-state index >= 15 is 0 Å². The first kappa shape index (κ1) is 18.9. The van der Waals surface area contributed by atoms with Crippen LogP contribution >= 0.6 is 0 Å². The molecule has 2 atom stereocenters. The molecule has 1 saturated carbocycles. The largest absolute Gasteiger partial charge is 0.389 e. The van der Waals surface area contributed by atoms with Gasteiger partial charge in [0.25, 0.3) is 0 Å². The Hall–Kier alpha value is -0.120. The molecule has 1 unspecified atom stereocenters. The highest BCUT2D eigenvalue weighted by Gasteiger charge is 2.21. The lowest BCUT2D eigenvalue weighted by molar-refractivity contribution is 0.0334. The first-order chi connectivity index (χ1) is 10.2. The van der Waals surface area contributed by atoms with E-state index in [4.69, 9.17) is 4.74 Å². The summed E-state index contributed by atoms with van der Waals surface area (Å²) in [4.78, 5) is 0. The Morgan fingerprint density at radius 3 is 2.48 bits per heavy atom. The van der Waals surface area contributed by atoms with Gasteiger partial charge in [-0.2, -0.15) is 0 Å². The van der Waals surface area contributed by atoms with E-state index in [-0.39, 0.29) is 6.10 Å². The molecule has 0 spiro atoms. The molecule has 0 aliphatic heterocycles. The number of nitrogens with one attached hydrogen (secondary N) is 1. The zero-order chi connectivity index (χ0) is 15.3. The molecule has 2 N–H and O–H groups in total. The molecule has 0 aromatic heterocycles. The molecule has 0 saturated heterocycles. The maximum absolute atomic E-state index is 9.93. The zero-order valence-electron chi connectivity index (χ0n) is 14.3. The molecule has 21 heavy (non-hydrogen) atoms. The molecule has 126 valence electrons. The van der Waals surface area contributed by atoms with Crippen molar-refractivity contribution in [2.24, 2.45) is 5.92 Å². The third-order valence-corrected chi connectivity index (χ3v) is 4.73. The molecule has 0 aromatic rings. The van der Waals surface area contributed by atoms with Gasteiger partial charge in [-0.1, -0.05) is 51.9 Å². The topological polar surface area (TPSA) is 41.5 Å². The fourth-order valence-electron chi connectivity index (χ4n) is 3.21. The standard InChI is InChI=1S/C18H37NO2/c1-3-4-5-6-7-10-13-21-15-18(20)14-19-16(2)17-11-8-9-12-17/h16-20H,3-15H2,1-2H3/t16-,18?/m0/s1. The maximum Gasteiger partial charge on any atom is 0.0897 e. The number of hydrogen-bond acceptors (Lipinski definition) is 3. The fraction of sp³-hybridized carbons (Fsp3) is 1.00. The number of ether oxygens (including phenoxy) is 1. The number of aliphatic hydroxyl groups excluding tert-OH is 1. The number of rotatable bonds is 13. The van der Waals surface area contributed by atoms with Gasteiger partial charge in [0.15, 0.2) is 0 Å². The third kappa shape index (κ3) is 9.49. The Balaban J connectivity index is 1.88. The van der Waals surface area contributed by atoms with Gasteiger partial charge >= 0.3 is 0 Å². The normalized spacial score (nSPS) is 19.0. The maximum atomic E-state index is 9.93. The average Bonchev–Trinajstić information content (AvgIpc) is 3.02. The van der Waals surface area contributed by atoms with Crippen molar-refractivity contribution in [2.45, 2.75) is 90.2 Å². The summed E-state index contributed by atoms with van der Waals surface area (Å²) in [6.07, 6.45) is 12.8. The SMILES string of the molecule is CCCCCCCCOCC(O)CN[C@@H](C)C1CCCC1. The van der Waals surface area contributed by atoms with Crippen LogP contribution in [0.15, 0.2) is 0 Å². The van der Waals surface area contributed by atoms with E-state index < -0.39 is 0 Å². The molecule has 3 nitrogen and oxygen atoms in total. The van der Waals surface area contributed by atoms with Gasteiger partial charge in [-0.25, -0.2) is 0 Å². The molecule has 1 fully saturated rings. The first-order valence-corrected chi connectivity index (χ1v) is 9.23. The van der Waals surface area contributed by atoms with Crippen LogP contribution in [-0.2, 0) is 4.74 Å². The van der Waals surface area contributed by atoms with E-state index in [1.54, 1.807) is 0 Å². The molecular weight excluding hydrogens is 262 g/mol. The van der Waals surface area contributed by atoms with Crippen LogP contribution in [0.3, 0.4) is 0 Å². The van der Waals surface area contributed by atoms with Gasteiger partial charge in [0.1, 0.15) is 0 Å². The Labute approximate surface area is 131 Å². The molecule has 1 rings (SSSR count). The Kier molecular flexibility index (Phi) is 11.2. The quantitative estimate of drug-likeness (QED) is 0.507. The summed E-state index contributed by atoms with van der Waals surface area (Å²) in [5.41, 5.74) is 0. The van der Waals surface area contributed by atoms with E-state index in [1.807, 2.05) is 0 Å². The molecular formula is C18H37NO2. The second-order valence-corrected chi connectivity index (χ2v) is 6.74. The third-order valence-electron chi connectivity index (χ3n) is 4.73. The van der Waals surface area contributed by atoms with Crippen LogP contribution in [0.1, 0.15) is 78.1 Å². The smallest absolute Gasteiger partial charge is 0.0897 e. The number of unbranched alkanes of at least 4 members (excludes halogenated alkanes) is 5. The highest BCUT2D eigenvalue weighted by Crippen LogP contribution is 2.27. The van der Waals surface area contributed by atoms with Gasteiger partial charge < -0.3 is 15.2 Å². The van der Waals surface area contributed by atoms with Crippen LogP contribution in [-0.4, -0.2) is 37.0 Å². The van der Waals surface area contributed by atoms with Crippen molar-refractivity contribution in [1.29, 1.82) is 0 Å². The predicted molar refractivity (Wildman–Crippen MR) is 89.6 cm³/mol. The highest BCUT2D eigenvalue weighted by molar-refractivity contribution is 4.78. The highest BCUT2D eigenvalue weighted by atomic mass is 16.5. The Morgan fingerprint density at radius 1 is 1.10 bits per heavy atom. The molecule has 0 bridgehead atoms. The van der Waals surface area contributed by atoms with Crippen LogP contribution in [0, 0.1) is 5.92 Å². The van der Waals surface area contributed by atoms with E-state index in [0.717, 1.165) is 18.9 Å². The average molecular weight is 299 g/mol. The number of hydrogen-bond donors (Lipinski definition) is 2. The minimum absolute atomic E-state index is 0.367. The minimum Gasteiger partial charge on any atom is -0.389 e. The summed E-state index contributed by atoms with van der Waals surface area (Å²) < 4.78 is 5.57. The van der Waals surface area contributed by atoms with Crippen molar-refractivity contribution in [3.63, 3.8) is 0 Å². The van der Waals surface area contributed by atoms with E-state index in [2.05, 4.69) is 19.2 Å². The van der Waals surface area contributed by atoms with Crippen molar-refractivity contribution in [1.82, 2.24) is 5.32 Å². The van der Waals surface area contributed by atoms with Gasteiger partial charge in [-0.3, -0.25) is 0 Å². The van der Waals surface area contributed by atoms with Crippen LogP contribution in [0.2, 0.25) is 0 Å². The van der Waals surface area contributed by atoms with Gasteiger partial charge in [0.05, 0.1) is 12.7 Å². The van der Waals surface area contributed by atoms with Crippen molar-refractivity contribution in [2.75, 3.05) is 19.8 Å². The van der Waals surface area contributed by atoms with Crippen molar-refractivity contribution >= 4 is 0 Å². The fourth-order valence-corrected chi connectivity index (χ4v) is 3.21. The Bertz CT molecular complexity index is 229. The van der Waals surface area contributed by atoms with Crippen LogP contribution in [0.5, 0.6) is 0 Å². The predicted octanol–water partition coefficient (Wildman–Crippen LogP) is 3.89. The van der Waals surface area contributed by atoms with Crippen molar-refractivity contribution in [3.8, 4) is 0 Å². The van der Waals surface area contributed by atoms with Gasteiger partial charge in [0.2, 0.25) is 0 Å². The summed E-state index contributed by atoms with van der Waals surface area (Å²) >= 11 is 0. The van der Waals surface area contributed by atoms with Gasteiger partial charge in [-0.15, -0.1) is 0 Å². The monoisotopic (exact) mass is 299 g/mol. The number of aliphatic hydroxyl groups is 1. The van der Waals surface area contributed by atoms with Crippen LogP contribution in [0.4, 0.5) is 0 Å². The summed E-state index contributed by atoms with van der Waals surface area (Å²) in [7, 11) is 0. The van der Waals surface area contributed by atoms with E-state index in [0.29, 0.717) is 19.2 Å². The Morgan fingerprint density at radius 2 is 1.76 bits per heavy atom. The zero-order valence-corrected chi connectivity index (χ0v) is 14.3. The second-order valence-electron chi connectivity index (χ2n) is 6.74. The van der Waals surface area contributed by atoms with Crippen LogP contribution in [0.25, 0.3) is 0 Å². The summed E-state index contributed by atoms with van der Waals surface area (Å²) in [6, 6.07) is 0.528. The summed E-state index contributed by atoms with van der Waals surface area (Å²) in [5, 5.41) is 13.4. The summed E-state index contributed by atoms with van der Waals surface area (Å²) in [6.45, 7) is 6.42. The first-order valence-electron chi connectivity index (χ1n) is 9.23. The van der Waals surface area contributed by atoms with E-state index in [1.165, 1.54) is 57.8 Å². The van der Waals surface area contributed by atoms with Gasteiger partial charge in [0, 0.05) is 19.2 Å². The lowest BCUT2D eigenvalue weighted by Gasteiger charge is -2.22. The van der Waals surface area contributed by atoms with Crippen molar-refractivity contribution in [3.05, 3.63) is 0 Å². The molecule has 1 aliphatic carbocycles. The van der Waals surface area contributed by atoms with E-state index in [9.17, 15) is 5.11 Å². The molecule has 3 heteroatoms. The second kappa shape index (κ2) is 12.4. The lowest BCUT2D eigenvalue weighted by atomic mass is 10.00. The lowest BCUT2D eigenvalue weighted by Crippen LogP contribution is -2.39. The molecule has 0 radical (unpaired) electrons. The minimum atomic E-state index is -0.367. The van der Waals surface area contributed by atoms with Crippen molar-refractivity contribution < 1.29 is 9.84 Å². The van der Waals surface area contributed by atoms with Crippen LogP contribution < -0.4 is 5.32 Å². The molecule has 0 aromatic carbocycles. The molecule has 0 heterocycles.